The number of aromatic nitrogens is 6. The Hall–Kier alpha value is -10.2. The summed E-state index contributed by atoms with van der Waals surface area (Å²) in [7, 11) is 0. The third kappa shape index (κ3) is 6.92. The van der Waals surface area contributed by atoms with E-state index in [2.05, 4.69) is 281 Å². The Balaban J connectivity index is 1.01. The third-order valence-electron chi connectivity index (χ3n) is 14.9. The lowest BCUT2D eigenvalue weighted by Gasteiger charge is -2.17. The molecule has 0 saturated carbocycles. The molecule has 0 bridgehead atoms. The molecular weight excluding hydrogens is 913 g/mol. The van der Waals surface area contributed by atoms with E-state index in [0.29, 0.717) is 17.6 Å². The van der Waals surface area contributed by atoms with E-state index in [1.807, 2.05) is 0 Å². The molecule has 0 N–H and O–H groups in total. The second-order valence-electron chi connectivity index (χ2n) is 19.2. The van der Waals surface area contributed by atoms with E-state index < -0.39 is 0 Å². The maximum Gasteiger partial charge on any atom is 0.238 e. The highest BCUT2D eigenvalue weighted by molar-refractivity contribution is 6.14. The zero-order valence-electron chi connectivity index (χ0n) is 40.6. The molecule has 6 heteroatoms. The lowest BCUT2D eigenvalue weighted by atomic mass is 9.96. The topological polar surface area (TPSA) is 53.5 Å². The molecule has 0 atom stereocenters. The fourth-order valence-electron chi connectivity index (χ4n) is 11.6. The smallest absolute Gasteiger partial charge is 0.238 e. The van der Waals surface area contributed by atoms with Crippen LogP contribution in [0.5, 0.6) is 0 Å². The summed E-state index contributed by atoms with van der Waals surface area (Å²) < 4.78 is 7.00. The van der Waals surface area contributed by atoms with Crippen LogP contribution in [-0.2, 0) is 0 Å². The molecular formula is C69H44N6. The van der Waals surface area contributed by atoms with Crippen molar-refractivity contribution in [2.75, 3.05) is 0 Å². The van der Waals surface area contributed by atoms with Gasteiger partial charge in [-0.25, -0.2) is 4.98 Å². The number of hydrogen-bond acceptors (Lipinski definition) is 3. The Morgan fingerprint density at radius 1 is 0.240 bits per heavy atom. The van der Waals surface area contributed by atoms with Crippen molar-refractivity contribution in [3.63, 3.8) is 0 Å². The highest BCUT2D eigenvalue weighted by atomic mass is 15.2. The highest BCUT2D eigenvalue weighted by Crippen LogP contribution is 2.42. The minimum Gasteiger partial charge on any atom is -0.309 e. The first-order valence-electron chi connectivity index (χ1n) is 25.4. The minimum atomic E-state index is 0.533. The monoisotopic (exact) mass is 956 g/mol. The van der Waals surface area contributed by atoms with Crippen LogP contribution < -0.4 is 0 Å². The van der Waals surface area contributed by atoms with Gasteiger partial charge in [0.05, 0.1) is 38.8 Å². The second kappa shape index (κ2) is 17.3. The number of rotatable bonds is 8. The summed E-state index contributed by atoms with van der Waals surface area (Å²) >= 11 is 0. The summed E-state index contributed by atoms with van der Waals surface area (Å²) in [5.41, 5.74) is 17.1. The van der Waals surface area contributed by atoms with Gasteiger partial charge in [0, 0.05) is 60.3 Å². The van der Waals surface area contributed by atoms with Gasteiger partial charge in [0.25, 0.3) is 0 Å². The average Bonchev–Trinajstić information content (AvgIpc) is 4.14. The molecule has 0 fully saturated rings. The van der Waals surface area contributed by atoms with Crippen molar-refractivity contribution in [2.24, 2.45) is 0 Å². The van der Waals surface area contributed by atoms with Crippen LogP contribution in [0.3, 0.4) is 0 Å². The predicted molar refractivity (Wildman–Crippen MR) is 310 cm³/mol. The fraction of sp³-hybridized carbons (Fsp3) is 0. The molecule has 350 valence electrons. The number of fused-ring (bicyclic) bond motifs is 9. The Labute approximate surface area is 432 Å². The molecule has 0 aliphatic rings. The molecule has 0 saturated heterocycles. The summed E-state index contributed by atoms with van der Waals surface area (Å²) in [5, 5.41) is 7.07. The van der Waals surface area contributed by atoms with E-state index >= 15 is 0 Å². The van der Waals surface area contributed by atoms with Gasteiger partial charge in [0.15, 0.2) is 11.6 Å². The van der Waals surface area contributed by atoms with E-state index in [1.54, 1.807) is 0 Å². The first-order chi connectivity index (χ1) is 37.2. The highest BCUT2D eigenvalue weighted by Gasteiger charge is 2.23. The average molecular weight is 957 g/mol. The van der Waals surface area contributed by atoms with Crippen molar-refractivity contribution in [2.45, 2.75) is 0 Å². The number of hydrogen-bond donors (Lipinski definition) is 0. The number of benzene rings is 11. The molecule has 4 aromatic heterocycles. The Kier molecular flexibility index (Phi) is 9.78. The van der Waals surface area contributed by atoms with E-state index in [9.17, 15) is 0 Å². The standard InChI is InChI=1S/C69H44N6/c1-3-20-45(21-4-1)47-24-17-25-48(42-47)59-44-50(40-41-65(59)74-62-37-14-9-30-55(62)56-31-10-15-38-63(56)74)68-70-67(49-26-18-27-51(43-49)73-60-35-12-7-28-53(60)54-29-8-13-36-61(54)73)71-69(72-68)75-64-39-16-11-32-57(64)58-34-19-33-52(66(58)75)46-22-5-2-6-23-46/h1-44H. The number of para-hydroxylation sites is 6. The minimum absolute atomic E-state index is 0.533. The van der Waals surface area contributed by atoms with Crippen LogP contribution in [-0.4, -0.2) is 28.7 Å². The maximum absolute atomic E-state index is 5.58. The molecule has 75 heavy (non-hydrogen) atoms. The summed E-state index contributed by atoms with van der Waals surface area (Å²) in [6.45, 7) is 0. The van der Waals surface area contributed by atoms with E-state index in [4.69, 9.17) is 15.0 Å². The molecule has 0 amide bonds. The summed E-state index contributed by atoms with van der Waals surface area (Å²) in [4.78, 5) is 16.6. The van der Waals surface area contributed by atoms with Crippen LogP contribution in [0.25, 0.3) is 139 Å². The normalized spacial score (nSPS) is 11.7. The Morgan fingerprint density at radius 3 is 1.29 bits per heavy atom. The van der Waals surface area contributed by atoms with Crippen LogP contribution in [0.4, 0.5) is 0 Å². The lowest BCUT2D eigenvalue weighted by Crippen LogP contribution is -2.07. The van der Waals surface area contributed by atoms with Crippen LogP contribution in [0.1, 0.15) is 0 Å². The largest absolute Gasteiger partial charge is 0.309 e. The van der Waals surface area contributed by atoms with Gasteiger partial charge in [0.1, 0.15) is 0 Å². The second-order valence-corrected chi connectivity index (χ2v) is 19.2. The maximum atomic E-state index is 5.58. The zero-order chi connectivity index (χ0) is 49.4. The molecule has 6 nitrogen and oxygen atoms in total. The molecule has 0 aliphatic carbocycles. The van der Waals surface area contributed by atoms with Gasteiger partial charge in [-0.05, 0) is 89.0 Å². The first-order valence-corrected chi connectivity index (χ1v) is 25.4. The molecule has 15 aromatic rings. The van der Waals surface area contributed by atoms with Crippen LogP contribution in [0, 0.1) is 0 Å². The molecule has 4 heterocycles. The Bertz CT molecular complexity index is 4610. The van der Waals surface area contributed by atoms with Crippen LogP contribution >= 0.6 is 0 Å². The van der Waals surface area contributed by atoms with Gasteiger partial charge in [0.2, 0.25) is 5.95 Å². The predicted octanol–water partition coefficient (Wildman–Crippen LogP) is 17.5. The van der Waals surface area contributed by atoms with E-state index in [0.717, 1.165) is 99.8 Å². The molecule has 0 unspecified atom stereocenters. The van der Waals surface area contributed by atoms with Gasteiger partial charge in [-0.15, -0.1) is 0 Å². The molecule has 0 spiro atoms. The summed E-state index contributed by atoms with van der Waals surface area (Å²) in [6, 6.07) is 95.2. The van der Waals surface area contributed by atoms with Crippen molar-refractivity contribution in [1.29, 1.82) is 0 Å². The fourth-order valence-corrected chi connectivity index (χ4v) is 11.6. The van der Waals surface area contributed by atoms with Gasteiger partial charge in [-0.2, -0.15) is 9.97 Å². The third-order valence-corrected chi connectivity index (χ3v) is 14.9. The first kappa shape index (κ1) is 42.5. The number of nitrogens with zero attached hydrogens (tertiary/aromatic N) is 6. The van der Waals surface area contributed by atoms with Crippen molar-refractivity contribution < 1.29 is 0 Å². The van der Waals surface area contributed by atoms with Gasteiger partial charge in [-0.1, -0.05) is 200 Å². The van der Waals surface area contributed by atoms with Crippen molar-refractivity contribution >= 4 is 65.4 Å². The van der Waals surface area contributed by atoms with Gasteiger partial charge < -0.3 is 9.13 Å². The van der Waals surface area contributed by atoms with Crippen molar-refractivity contribution in [3.8, 4) is 73.5 Å². The van der Waals surface area contributed by atoms with Crippen LogP contribution in [0.15, 0.2) is 267 Å². The van der Waals surface area contributed by atoms with Gasteiger partial charge in [-0.3, -0.25) is 4.57 Å². The van der Waals surface area contributed by atoms with Gasteiger partial charge >= 0.3 is 0 Å². The lowest BCUT2D eigenvalue weighted by molar-refractivity contribution is 0.953. The summed E-state index contributed by atoms with van der Waals surface area (Å²) in [5.74, 6) is 1.67. The molecule has 11 aromatic carbocycles. The quantitative estimate of drug-likeness (QED) is 0.152. The Morgan fingerprint density at radius 2 is 0.680 bits per heavy atom. The van der Waals surface area contributed by atoms with Crippen molar-refractivity contribution in [3.05, 3.63) is 267 Å². The van der Waals surface area contributed by atoms with E-state index in [-0.39, 0.29) is 0 Å². The van der Waals surface area contributed by atoms with E-state index in [1.165, 1.54) is 21.5 Å². The summed E-state index contributed by atoms with van der Waals surface area (Å²) in [6.07, 6.45) is 0. The molecule has 0 aliphatic heterocycles. The SMILES string of the molecule is c1ccc(-c2cccc(-c3cc(-c4nc(-c5cccc(-n6c7ccccc7c7ccccc76)c5)nc(-n5c6ccccc6c6cccc(-c7ccccc7)c65)n4)ccc3-n3c4ccccc4c4ccccc43)c2)cc1. The molecule has 0 radical (unpaired) electrons. The molecule has 15 rings (SSSR count). The van der Waals surface area contributed by atoms with Crippen molar-refractivity contribution in [1.82, 2.24) is 28.7 Å². The van der Waals surface area contributed by atoms with Crippen LogP contribution in [0.2, 0.25) is 0 Å². The zero-order valence-corrected chi connectivity index (χ0v) is 40.6.